The molecule has 0 aromatic carbocycles. The number of halogens is 2. The van der Waals surface area contributed by atoms with Crippen molar-refractivity contribution >= 4 is 50.2 Å². The molecule has 0 fully saturated rings. The van der Waals surface area contributed by atoms with Crippen LogP contribution in [-0.2, 0) is 6.42 Å². The molecule has 0 saturated heterocycles. The molecule has 0 aliphatic heterocycles. The Labute approximate surface area is 117 Å². The minimum atomic E-state index is 0.000278. The summed E-state index contributed by atoms with van der Waals surface area (Å²) in [6, 6.07) is 6.44. The quantitative estimate of drug-likeness (QED) is 0.624. The van der Waals surface area contributed by atoms with Crippen molar-refractivity contribution in [1.29, 1.82) is 0 Å². The first kappa shape index (κ1) is 12.6. The van der Waals surface area contributed by atoms with Gasteiger partial charge in [-0.15, -0.1) is 34.3 Å². The van der Waals surface area contributed by atoms with Gasteiger partial charge in [-0.05, 0) is 47.5 Å². The molecule has 0 spiro atoms. The van der Waals surface area contributed by atoms with E-state index in [-0.39, 0.29) is 5.38 Å². The lowest BCUT2D eigenvalue weighted by Gasteiger charge is -2.03. The molecule has 2 heterocycles. The van der Waals surface area contributed by atoms with Gasteiger partial charge in [-0.25, -0.2) is 0 Å². The maximum atomic E-state index is 6.49. The van der Waals surface area contributed by atoms with E-state index in [4.69, 9.17) is 11.6 Å². The Morgan fingerprint density at radius 1 is 1.31 bits per heavy atom. The third-order valence-corrected chi connectivity index (χ3v) is 6.63. The third kappa shape index (κ3) is 2.53. The minimum absolute atomic E-state index is 0.000278. The van der Waals surface area contributed by atoms with E-state index in [9.17, 15) is 0 Å². The second-order valence-corrected chi connectivity index (χ2v) is 7.35. The zero-order valence-electron chi connectivity index (χ0n) is 9.09. The van der Waals surface area contributed by atoms with Crippen LogP contribution in [0.15, 0.2) is 22.7 Å². The molecule has 0 radical (unpaired) electrons. The van der Waals surface area contributed by atoms with Crippen LogP contribution >= 0.6 is 50.2 Å². The Morgan fingerprint density at radius 3 is 2.56 bits per heavy atom. The molecule has 0 N–H and O–H groups in total. The van der Waals surface area contributed by atoms with Crippen LogP contribution in [0, 0.1) is 6.92 Å². The average molecular weight is 336 g/mol. The molecular formula is C12H12BrClS2. The van der Waals surface area contributed by atoms with E-state index in [0.717, 1.165) is 10.9 Å². The van der Waals surface area contributed by atoms with Crippen molar-refractivity contribution in [3.05, 3.63) is 42.2 Å². The standard InChI is InChI=1S/C12H12BrClS2/c1-3-8-4-5-10(16-8)12(14)11-6-9(13)7(2)15-11/h4-6,12H,3H2,1-2H3. The Balaban J connectivity index is 2.27. The topological polar surface area (TPSA) is 0 Å². The van der Waals surface area contributed by atoms with Crippen molar-refractivity contribution in [2.75, 3.05) is 0 Å². The summed E-state index contributed by atoms with van der Waals surface area (Å²) in [6.07, 6.45) is 1.08. The lowest BCUT2D eigenvalue weighted by molar-refractivity contribution is 1.19. The van der Waals surface area contributed by atoms with Crippen molar-refractivity contribution in [3.63, 3.8) is 0 Å². The lowest BCUT2D eigenvalue weighted by atomic mass is 10.3. The average Bonchev–Trinajstić information content (AvgIpc) is 2.86. The minimum Gasteiger partial charge on any atom is -0.143 e. The van der Waals surface area contributed by atoms with Crippen molar-refractivity contribution in [3.8, 4) is 0 Å². The van der Waals surface area contributed by atoms with E-state index >= 15 is 0 Å². The van der Waals surface area contributed by atoms with Crippen LogP contribution < -0.4 is 0 Å². The molecule has 0 aliphatic carbocycles. The molecule has 0 amide bonds. The highest BCUT2D eigenvalue weighted by Gasteiger charge is 2.16. The Hall–Kier alpha value is 0.170. The Morgan fingerprint density at radius 2 is 2.06 bits per heavy atom. The van der Waals surface area contributed by atoms with Gasteiger partial charge in [-0.3, -0.25) is 0 Å². The van der Waals surface area contributed by atoms with Crippen LogP contribution in [0.5, 0.6) is 0 Å². The molecule has 2 aromatic heterocycles. The highest BCUT2D eigenvalue weighted by Crippen LogP contribution is 2.39. The molecule has 2 aromatic rings. The fourth-order valence-electron chi connectivity index (χ4n) is 1.47. The summed E-state index contributed by atoms with van der Waals surface area (Å²) < 4.78 is 1.16. The van der Waals surface area contributed by atoms with Gasteiger partial charge < -0.3 is 0 Å². The number of hydrogen-bond donors (Lipinski definition) is 0. The summed E-state index contributed by atoms with van der Waals surface area (Å²) in [7, 11) is 0. The first-order valence-corrected chi connectivity index (χ1v) is 7.96. The maximum Gasteiger partial charge on any atom is 0.102 e. The molecule has 4 heteroatoms. The van der Waals surface area contributed by atoms with Gasteiger partial charge in [0.15, 0.2) is 0 Å². The van der Waals surface area contributed by atoms with E-state index in [0.29, 0.717) is 0 Å². The number of alkyl halides is 1. The molecule has 0 aliphatic rings. The SMILES string of the molecule is CCc1ccc(C(Cl)c2cc(Br)c(C)s2)s1. The first-order chi connectivity index (χ1) is 7.61. The van der Waals surface area contributed by atoms with Gasteiger partial charge in [-0.2, -0.15) is 0 Å². The maximum absolute atomic E-state index is 6.49. The molecule has 0 saturated carbocycles. The van der Waals surface area contributed by atoms with Gasteiger partial charge in [0.05, 0.1) is 0 Å². The third-order valence-electron chi connectivity index (χ3n) is 2.41. The van der Waals surface area contributed by atoms with E-state index in [1.54, 1.807) is 11.3 Å². The molecule has 2 rings (SSSR count). The van der Waals surface area contributed by atoms with Gasteiger partial charge >= 0.3 is 0 Å². The summed E-state index contributed by atoms with van der Waals surface area (Å²) in [6.45, 7) is 4.28. The van der Waals surface area contributed by atoms with E-state index < -0.39 is 0 Å². The van der Waals surface area contributed by atoms with Crippen LogP contribution in [0.25, 0.3) is 0 Å². The predicted molar refractivity (Wildman–Crippen MR) is 78.1 cm³/mol. The summed E-state index contributed by atoms with van der Waals surface area (Å²) in [5.74, 6) is 0. The van der Waals surface area contributed by atoms with Crippen molar-refractivity contribution in [2.24, 2.45) is 0 Å². The van der Waals surface area contributed by atoms with Gasteiger partial charge in [-0.1, -0.05) is 6.92 Å². The molecule has 86 valence electrons. The van der Waals surface area contributed by atoms with E-state index in [1.807, 2.05) is 11.3 Å². The largest absolute Gasteiger partial charge is 0.143 e. The Kier molecular flexibility index (Phi) is 4.11. The lowest BCUT2D eigenvalue weighted by Crippen LogP contribution is -1.84. The molecule has 0 nitrogen and oxygen atoms in total. The van der Waals surface area contributed by atoms with Gasteiger partial charge in [0.25, 0.3) is 0 Å². The zero-order chi connectivity index (χ0) is 11.7. The van der Waals surface area contributed by atoms with E-state index in [2.05, 4.69) is 48.0 Å². The van der Waals surface area contributed by atoms with Crippen LogP contribution in [-0.4, -0.2) is 0 Å². The summed E-state index contributed by atoms with van der Waals surface area (Å²) in [4.78, 5) is 5.14. The van der Waals surface area contributed by atoms with Crippen molar-refractivity contribution < 1.29 is 0 Å². The normalized spacial score (nSPS) is 13.0. The number of aryl methyl sites for hydroxylation is 2. The molecular weight excluding hydrogens is 324 g/mol. The number of hydrogen-bond acceptors (Lipinski definition) is 2. The summed E-state index contributed by atoms with van der Waals surface area (Å²) in [5, 5.41) is 0.000278. The van der Waals surface area contributed by atoms with Crippen LogP contribution in [0.2, 0.25) is 0 Å². The second kappa shape index (κ2) is 5.21. The molecule has 16 heavy (non-hydrogen) atoms. The smallest absolute Gasteiger partial charge is 0.102 e. The Bertz CT molecular complexity index is 467. The fourth-order valence-corrected chi connectivity index (χ4v) is 4.45. The van der Waals surface area contributed by atoms with Gasteiger partial charge in [0.2, 0.25) is 0 Å². The first-order valence-electron chi connectivity index (χ1n) is 5.10. The van der Waals surface area contributed by atoms with Crippen molar-refractivity contribution in [2.45, 2.75) is 25.6 Å². The highest BCUT2D eigenvalue weighted by atomic mass is 79.9. The van der Waals surface area contributed by atoms with Gasteiger partial charge in [0, 0.05) is 24.0 Å². The number of rotatable bonds is 3. The predicted octanol–water partition coefficient (Wildman–Crippen LogP) is 5.77. The van der Waals surface area contributed by atoms with Crippen molar-refractivity contribution in [1.82, 2.24) is 0 Å². The monoisotopic (exact) mass is 334 g/mol. The zero-order valence-corrected chi connectivity index (χ0v) is 13.1. The highest BCUT2D eigenvalue weighted by molar-refractivity contribution is 9.10. The molecule has 0 bridgehead atoms. The second-order valence-electron chi connectivity index (χ2n) is 3.57. The van der Waals surface area contributed by atoms with Crippen LogP contribution in [0.3, 0.4) is 0 Å². The van der Waals surface area contributed by atoms with Crippen LogP contribution in [0.4, 0.5) is 0 Å². The van der Waals surface area contributed by atoms with Gasteiger partial charge in [0.1, 0.15) is 5.38 Å². The van der Waals surface area contributed by atoms with E-state index in [1.165, 1.54) is 19.5 Å². The molecule has 1 unspecified atom stereocenters. The number of thiophene rings is 2. The van der Waals surface area contributed by atoms with Crippen LogP contribution in [0.1, 0.15) is 31.8 Å². The fraction of sp³-hybridized carbons (Fsp3) is 0.333. The summed E-state index contributed by atoms with van der Waals surface area (Å²) in [5.41, 5.74) is 0. The molecule has 1 atom stereocenters. The summed E-state index contributed by atoms with van der Waals surface area (Å²) >= 11 is 13.6.